The summed E-state index contributed by atoms with van der Waals surface area (Å²) in [6.07, 6.45) is 5.15. The highest BCUT2D eigenvalue weighted by atomic mass is 16.6. The molecule has 0 aliphatic heterocycles. The fourth-order valence-electron chi connectivity index (χ4n) is 2.08. The number of rotatable bonds is 5. The standard InChI is InChI=1S/C13H16N4O2/c1-3-5-12-15-8-9-16(12)11-7-4-6-10(14-2)13(11)17(18)19/h4,6-9,14H,3,5H2,1-2H3. The molecule has 0 unspecified atom stereocenters. The number of aromatic nitrogens is 2. The molecule has 0 fully saturated rings. The molecule has 0 saturated heterocycles. The first-order valence-corrected chi connectivity index (χ1v) is 6.16. The number of aryl methyl sites for hydroxylation is 1. The Balaban J connectivity index is 2.61. The first-order chi connectivity index (χ1) is 9.19. The van der Waals surface area contributed by atoms with Gasteiger partial charge >= 0.3 is 5.69 Å². The lowest BCUT2D eigenvalue weighted by atomic mass is 10.2. The number of nitro benzene ring substituents is 1. The van der Waals surface area contributed by atoms with Gasteiger partial charge in [0.1, 0.15) is 17.2 Å². The highest BCUT2D eigenvalue weighted by Crippen LogP contribution is 2.31. The second-order valence-corrected chi connectivity index (χ2v) is 4.14. The van der Waals surface area contributed by atoms with Gasteiger partial charge in [-0.05, 0) is 18.6 Å². The van der Waals surface area contributed by atoms with Crippen LogP contribution in [0.4, 0.5) is 11.4 Å². The summed E-state index contributed by atoms with van der Waals surface area (Å²) in [5.41, 5.74) is 1.11. The predicted octanol–water partition coefficient (Wildman–Crippen LogP) is 2.77. The van der Waals surface area contributed by atoms with Gasteiger partial charge in [-0.15, -0.1) is 0 Å². The van der Waals surface area contributed by atoms with Gasteiger partial charge in [-0.25, -0.2) is 4.98 Å². The van der Waals surface area contributed by atoms with Crippen LogP contribution in [0.2, 0.25) is 0 Å². The number of benzene rings is 1. The first kappa shape index (κ1) is 13.1. The van der Waals surface area contributed by atoms with Crippen LogP contribution in [0, 0.1) is 10.1 Å². The van der Waals surface area contributed by atoms with E-state index in [-0.39, 0.29) is 10.6 Å². The van der Waals surface area contributed by atoms with E-state index in [4.69, 9.17) is 0 Å². The third kappa shape index (κ3) is 2.42. The molecule has 2 aromatic rings. The third-order valence-electron chi connectivity index (χ3n) is 2.92. The van der Waals surface area contributed by atoms with Crippen LogP contribution in [0.15, 0.2) is 30.6 Å². The van der Waals surface area contributed by atoms with E-state index in [1.165, 1.54) is 0 Å². The Hall–Kier alpha value is -2.37. The molecule has 0 aliphatic carbocycles. The van der Waals surface area contributed by atoms with Crippen LogP contribution in [0.3, 0.4) is 0 Å². The van der Waals surface area contributed by atoms with Gasteiger partial charge < -0.3 is 5.32 Å². The van der Waals surface area contributed by atoms with Gasteiger partial charge in [-0.1, -0.05) is 13.0 Å². The molecule has 1 N–H and O–H groups in total. The average molecular weight is 260 g/mol. The van der Waals surface area contributed by atoms with Crippen molar-refractivity contribution in [3.05, 3.63) is 46.5 Å². The fourth-order valence-corrected chi connectivity index (χ4v) is 2.08. The summed E-state index contributed by atoms with van der Waals surface area (Å²) in [4.78, 5) is 15.2. The Kier molecular flexibility index (Phi) is 3.79. The van der Waals surface area contributed by atoms with Gasteiger partial charge in [0.15, 0.2) is 0 Å². The molecule has 0 amide bonds. The van der Waals surface area contributed by atoms with E-state index in [0.717, 1.165) is 18.7 Å². The number of nitrogens with one attached hydrogen (secondary N) is 1. The number of hydrogen-bond donors (Lipinski definition) is 1. The van der Waals surface area contributed by atoms with E-state index in [0.29, 0.717) is 11.4 Å². The Morgan fingerprint density at radius 1 is 1.47 bits per heavy atom. The van der Waals surface area contributed by atoms with Crippen molar-refractivity contribution in [2.24, 2.45) is 0 Å². The lowest BCUT2D eigenvalue weighted by Gasteiger charge is -2.10. The SMILES string of the molecule is CCCc1nccn1-c1cccc(NC)c1[N+](=O)[O-]. The van der Waals surface area contributed by atoms with Crippen molar-refractivity contribution in [1.29, 1.82) is 0 Å². The van der Waals surface area contributed by atoms with E-state index in [9.17, 15) is 10.1 Å². The average Bonchev–Trinajstić information content (AvgIpc) is 2.86. The van der Waals surface area contributed by atoms with Crippen molar-refractivity contribution in [2.45, 2.75) is 19.8 Å². The van der Waals surface area contributed by atoms with Crippen molar-refractivity contribution in [1.82, 2.24) is 9.55 Å². The summed E-state index contributed by atoms with van der Waals surface area (Å²) < 4.78 is 1.78. The maximum absolute atomic E-state index is 11.3. The number of para-hydroxylation sites is 1. The minimum absolute atomic E-state index is 0.0698. The zero-order valence-electron chi connectivity index (χ0n) is 11.0. The number of anilines is 1. The van der Waals surface area contributed by atoms with Crippen LogP contribution in [0.1, 0.15) is 19.2 Å². The molecule has 0 saturated carbocycles. The van der Waals surface area contributed by atoms with Gasteiger partial charge in [-0.2, -0.15) is 0 Å². The zero-order valence-corrected chi connectivity index (χ0v) is 11.0. The zero-order chi connectivity index (χ0) is 13.8. The molecule has 6 nitrogen and oxygen atoms in total. The molecule has 1 aromatic carbocycles. The largest absolute Gasteiger partial charge is 0.382 e. The number of hydrogen-bond acceptors (Lipinski definition) is 4. The summed E-state index contributed by atoms with van der Waals surface area (Å²) in [6.45, 7) is 2.05. The fraction of sp³-hybridized carbons (Fsp3) is 0.308. The van der Waals surface area contributed by atoms with E-state index in [2.05, 4.69) is 17.2 Å². The van der Waals surface area contributed by atoms with E-state index in [1.54, 1.807) is 42.2 Å². The van der Waals surface area contributed by atoms with Crippen LogP contribution in [0.5, 0.6) is 0 Å². The molecule has 19 heavy (non-hydrogen) atoms. The number of nitro groups is 1. The summed E-state index contributed by atoms with van der Waals surface area (Å²) >= 11 is 0. The molecule has 0 spiro atoms. The Bertz CT molecular complexity index is 592. The van der Waals surface area contributed by atoms with Crippen LogP contribution in [-0.2, 0) is 6.42 Å². The normalized spacial score (nSPS) is 10.4. The molecule has 2 rings (SSSR count). The maximum Gasteiger partial charge on any atom is 0.316 e. The smallest absolute Gasteiger partial charge is 0.316 e. The monoisotopic (exact) mass is 260 g/mol. The van der Waals surface area contributed by atoms with Crippen LogP contribution in [-0.4, -0.2) is 21.5 Å². The van der Waals surface area contributed by atoms with Gasteiger partial charge in [0.25, 0.3) is 0 Å². The number of imidazole rings is 1. The molecule has 0 aliphatic rings. The molecule has 6 heteroatoms. The molecular formula is C13H16N4O2. The molecule has 1 aromatic heterocycles. The molecule has 1 heterocycles. The first-order valence-electron chi connectivity index (χ1n) is 6.16. The van der Waals surface area contributed by atoms with E-state index >= 15 is 0 Å². The third-order valence-corrected chi connectivity index (χ3v) is 2.92. The summed E-state index contributed by atoms with van der Waals surface area (Å²) in [5, 5.41) is 14.2. The Labute approximate surface area is 111 Å². The topological polar surface area (TPSA) is 73.0 Å². The quantitative estimate of drug-likeness (QED) is 0.662. The second kappa shape index (κ2) is 5.51. The Morgan fingerprint density at radius 2 is 2.26 bits per heavy atom. The summed E-state index contributed by atoms with van der Waals surface area (Å²) in [7, 11) is 1.67. The van der Waals surface area contributed by atoms with Gasteiger partial charge in [0, 0.05) is 25.9 Å². The Morgan fingerprint density at radius 3 is 2.89 bits per heavy atom. The summed E-state index contributed by atoms with van der Waals surface area (Å²) in [6, 6.07) is 5.22. The van der Waals surface area contributed by atoms with Crippen molar-refractivity contribution >= 4 is 11.4 Å². The molecule has 100 valence electrons. The van der Waals surface area contributed by atoms with Gasteiger partial charge in [0.2, 0.25) is 0 Å². The molecule has 0 bridgehead atoms. The lowest BCUT2D eigenvalue weighted by Crippen LogP contribution is -2.06. The van der Waals surface area contributed by atoms with E-state index in [1.807, 2.05) is 0 Å². The highest BCUT2D eigenvalue weighted by Gasteiger charge is 2.21. The van der Waals surface area contributed by atoms with Crippen molar-refractivity contribution < 1.29 is 4.92 Å². The minimum Gasteiger partial charge on any atom is -0.382 e. The number of nitrogens with zero attached hydrogens (tertiary/aromatic N) is 3. The molecule has 0 atom stereocenters. The van der Waals surface area contributed by atoms with Crippen LogP contribution < -0.4 is 5.32 Å². The molecule has 0 radical (unpaired) electrons. The maximum atomic E-state index is 11.3. The van der Waals surface area contributed by atoms with Crippen molar-refractivity contribution in [3.63, 3.8) is 0 Å². The van der Waals surface area contributed by atoms with Crippen LogP contribution in [0.25, 0.3) is 5.69 Å². The summed E-state index contributed by atoms with van der Waals surface area (Å²) in [5.74, 6) is 0.832. The molecular weight excluding hydrogens is 244 g/mol. The van der Waals surface area contributed by atoms with Crippen LogP contribution >= 0.6 is 0 Å². The van der Waals surface area contributed by atoms with E-state index < -0.39 is 0 Å². The minimum atomic E-state index is -0.364. The lowest BCUT2D eigenvalue weighted by molar-refractivity contribution is -0.383. The van der Waals surface area contributed by atoms with Crippen molar-refractivity contribution in [3.8, 4) is 5.69 Å². The van der Waals surface area contributed by atoms with Gasteiger partial charge in [-0.3, -0.25) is 14.7 Å². The van der Waals surface area contributed by atoms with Gasteiger partial charge in [0.05, 0.1) is 4.92 Å². The second-order valence-electron chi connectivity index (χ2n) is 4.14. The predicted molar refractivity (Wildman–Crippen MR) is 73.8 cm³/mol. The van der Waals surface area contributed by atoms with Crippen molar-refractivity contribution in [2.75, 3.05) is 12.4 Å². The highest BCUT2D eigenvalue weighted by molar-refractivity contribution is 5.71.